The van der Waals surface area contributed by atoms with E-state index in [1.54, 1.807) is 36.2 Å². The van der Waals surface area contributed by atoms with Crippen LogP contribution >= 0.6 is 0 Å². The van der Waals surface area contributed by atoms with Gasteiger partial charge in [0.05, 0.1) is 12.6 Å². The van der Waals surface area contributed by atoms with Crippen LogP contribution in [0.1, 0.15) is 18.5 Å². The Kier molecular flexibility index (Phi) is 5.48. The lowest BCUT2D eigenvalue weighted by molar-refractivity contribution is 0.157. The SMILES string of the molecule is COCC(C)n1ccc(NC(=O)NCc2cccc(F)c2)n1. The molecule has 7 heteroatoms. The standard InChI is InChI=1S/C15H19FN4O2/c1-11(10-22-2)20-7-6-14(19-20)18-15(21)17-9-12-4-3-5-13(16)8-12/h3-8,11H,9-10H2,1-2H3,(H2,17,18,19,21). The number of ether oxygens (including phenoxy) is 1. The normalized spacial score (nSPS) is 12.0. The van der Waals surface area contributed by atoms with Gasteiger partial charge in [-0.15, -0.1) is 0 Å². The summed E-state index contributed by atoms with van der Waals surface area (Å²) in [5.74, 6) is 0.116. The Hall–Kier alpha value is -2.41. The first-order valence-corrected chi connectivity index (χ1v) is 6.92. The summed E-state index contributed by atoms with van der Waals surface area (Å²) < 4.78 is 19.8. The van der Waals surface area contributed by atoms with Crippen LogP contribution in [0.3, 0.4) is 0 Å². The Morgan fingerprint density at radius 3 is 3.00 bits per heavy atom. The molecular formula is C15H19FN4O2. The van der Waals surface area contributed by atoms with Crippen molar-refractivity contribution in [2.45, 2.75) is 19.5 Å². The van der Waals surface area contributed by atoms with Gasteiger partial charge in [0.1, 0.15) is 5.82 Å². The molecule has 1 atom stereocenters. The first-order valence-electron chi connectivity index (χ1n) is 6.92. The lowest BCUT2D eigenvalue weighted by Gasteiger charge is -2.10. The molecule has 0 saturated carbocycles. The predicted octanol–water partition coefficient (Wildman–Crippen LogP) is 2.55. The molecular weight excluding hydrogens is 287 g/mol. The van der Waals surface area contributed by atoms with Crippen LogP contribution in [-0.2, 0) is 11.3 Å². The molecule has 0 aliphatic carbocycles. The van der Waals surface area contributed by atoms with E-state index in [2.05, 4.69) is 15.7 Å². The zero-order valence-electron chi connectivity index (χ0n) is 12.5. The number of rotatable bonds is 6. The predicted molar refractivity (Wildman–Crippen MR) is 81.1 cm³/mol. The van der Waals surface area contributed by atoms with E-state index in [0.29, 0.717) is 18.0 Å². The number of hydrogen-bond acceptors (Lipinski definition) is 3. The summed E-state index contributed by atoms with van der Waals surface area (Å²) in [5, 5.41) is 9.52. The number of carbonyl (C=O) groups excluding carboxylic acids is 1. The maximum Gasteiger partial charge on any atom is 0.320 e. The number of amides is 2. The number of anilines is 1. The Labute approximate surface area is 128 Å². The van der Waals surface area contributed by atoms with Crippen molar-refractivity contribution in [1.82, 2.24) is 15.1 Å². The molecule has 0 aliphatic heterocycles. The molecule has 118 valence electrons. The molecule has 0 spiro atoms. The number of urea groups is 1. The van der Waals surface area contributed by atoms with Gasteiger partial charge in [-0.2, -0.15) is 5.10 Å². The zero-order chi connectivity index (χ0) is 15.9. The van der Waals surface area contributed by atoms with Crippen LogP contribution < -0.4 is 10.6 Å². The van der Waals surface area contributed by atoms with E-state index in [1.807, 2.05) is 6.92 Å². The van der Waals surface area contributed by atoms with Crippen molar-refractivity contribution < 1.29 is 13.9 Å². The third-order valence-corrected chi connectivity index (χ3v) is 3.05. The van der Waals surface area contributed by atoms with Crippen LogP contribution in [0.15, 0.2) is 36.5 Å². The molecule has 1 aromatic carbocycles. The fourth-order valence-corrected chi connectivity index (χ4v) is 1.96. The van der Waals surface area contributed by atoms with Crippen molar-refractivity contribution >= 4 is 11.8 Å². The summed E-state index contributed by atoms with van der Waals surface area (Å²) in [6.07, 6.45) is 1.77. The maximum atomic E-state index is 13.0. The largest absolute Gasteiger partial charge is 0.382 e. The van der Waals surface area contributed by atoms with Gasteiger partial charge in [0.15, 0.2) is 5.82 Å². The summed E-state index contributed by atoms with van der Waals surface area (Å²) in [6.45, 7) is 2.74. The third kappa shape index (κ3) is 4.56. The van der Waals surface area contributed by atoms with Gasteiger partial charge in [0.25, 0.3) is 0 Å². The molecule has 1 heterocycles. The molecule has 0 bridgehead atoms. The van der Waals surface area contributed by atoms with Crippen LogP contribution in [0, 0.1) is 5.82 Å². The summed E-state index contributed by atoms with van der Waals surface area (Å²) in [6, 6.07) is 7.46. The Balaban J connectivity index is 1.84. The smallest absolute Gasteiger partial charge is 0.320 e. The van der Waals surface area contributed by atoms with E-state index in [9.17, 15) is 9.18 Å². The fraction of sp³-hybridized carbons (Fsp3) is 0.333. The molecule has 1 unspecified atom stereocenters. The van der Waals surface area contributed by atoms with Crippen LogP contribution in [0.2, 0.25) is 0 Å². The van der Waals surface area contributed by atoms with Crippen LogP contribution in [-0.4, -0.2) is 29.5 Å². The zero-order valence-corrected chi connectivity index (χ0v) is 12.5. The van der Waals surface area contributed by atoms with Crippen molar-refractivity contribution in [3.05, 3.63) is 47.9 Å². The summed E-state index contributed by atoms with van der Waals surface area (Å²) >= 11 is 0. The molecule has 2 N–H and O–H groups in total. The number of halogens is 1. The topological polar surface area (TPSA) is 68.2 Å². The molecule has 1 aromatic heterocycles. The highest BCUT2D eigenvalue weighted by Gasteiger charge is 2.08. The minimum absolute atomic E-state index is 0.0795. The van der Waals surface area contributed by atoms with Gasteiger partial charge in [-0.25, -0.2) is 9.18 Å². The van der Waals surface area contributed by atoms with E-state index in [4.69, 9.17) is 4.74 Å². The van der Waals surface area contributed by atoms with Gasteiger partial charge in [-0.05, 0) is 24.6 Å². The average molecular weight is 306 g/mol. The fourth-order valence-electron chi connectivity index (χ4n) is 1.96. The van der Waals surface area contributed by atoms with Crippen molar-refractivity contribution in [2.75, 3.05) is 19.0 Å². The second-order valence-electron chi connectivity index (χ2n) is 4.92. The minimum atomic E-state index is -0.395. The quantitative estimate of drug-likeness (QED) is 0.862. The highest BCUT2D eigenvalue weighted by molar-refractivity contribution is 5.88. The van der Waals surface area contributed by atoms with Crippen LogP contribution in [0.25, 0.3) is 0 Å². The number of aromatic nitrogens is 2. The number of methoxy groups -OCH3 is 1. The monoisotopic (exact) mass is 306 g/mol. The first kappa shape index (κ1) is 16.0. The molecule has 6 nitrogen and oxygen atoms in total. The van der Waals surface area contributed by atoms with Gasteiger partial charge in [0.2, 0.25) is 0 Å². The molecule has 22 heavy (non-hydrogen) atoms. The molecule has 2 aromatic rings. The Bertz CT molecular complexity index is 630. The van der Waals surface area contributed by atoms with Crippen molar-refractivity contribution in [1.29, 1.82) is 0 Å². The van der Waals surface area contributed by atoms with E-state index in [1.165, 1.54) is 12.1 Å². The van der Waals surface area contributed by atoms with Gasteiger partial charge in [-0.1, -0.05) is 12.1 Å². The molecule has 0 fully saturated rings. The first-order chi connectivity index (χ1) is 10.6. The van der Waals surface area contributed by atoms with Gasteiger partial charge in [-0.3, -0.25) is 10.00 Å². The Morgan fingerprint density at radius 1 is 1.45 bits per heavy atom. The summed E-state index contributed by atoms with van der Waals surface area (Å²) in [5.41, 5.74) is 0.689. The number of hydrogen-bond donors (Lipinski definition) is 2. The second-order valence-corrected chi connectivity index (χ2v) is 4.92. The third-order valence-electron chi connectivity index (χ3n) is 3.05. The maximum absolute atomic E-state index is 13.0. The molecule has 0 saturated heterocycles. The van der Waals surface area contributed by atoms with Crippen molar-refractivity contribution in [3.63, 3.8) is 0 Å². The number of nitrogens with zero attached hydrogens (tertiary/aromatic N) is 2. The highest BCUT2D eigenvalue weighted by Crippen LogP contribution is 2.09. The molecule has 2 amide bonds. The van der Waals surface area contributed by atoms with E-state index >= 15 is 0 Å². The molecule has 0 radical (unpaired) electrons. The lowest BCUT2D eigenvalue weighted by Crippen LogP contribution is -2.28. The summed E-state index contributed by atoms with van der Waals surface area (Å²) in [7, 11) is 1.62. The van der Waals surface area contributed by atoms with Gasteiger partial charge in [0, 0.05) is 25.9 Å². The second kappa shape index (κ2) is 7.56. The minimum Gasteiger partial charge on any atom is -0.382 e. The van der Waals surface area contributed by atoms with E-state index < -0.39 is 6.03 Å². The number of carbonyl (C=O) groups is 1. The summed E-state index contributed by atoms with van der Waals surface area (Å²) in [4.78, 5) is 11.8. The van der Waals surface area contributed by atoms with Crippen LogP contribution in [0.5, 0.6) is 0 Å². The number of nitrogens with one attached hydrogen (secondary N) is 2. The van der Waals surface area contributed by atoms with Gasteiger partial charge >= 0.3 is 6.03 Å². The average Bonchev–Trinajstić information content (AvgIpc) is 2.94. The van der Waals surface area contributed by atoms with Gasteiger partial charge < -0.3 is 10.1 Å². The van der Waals surface area contributed by atoms with E-state index in [-0.39, 0.29) is 18.4 Å². The highest BCUT2D eigenvalue weighted by atomic mass is 19.1. The molecule has 2 rings (SSSR count). The lowest BCUT2D eigenvalue weighted by atomic mass is 10.2. The van der Waals surface area contributed by atoms with Crippen LogP contribution in [0.4, 0.5) is 15.0 Å². The van der Waals surface area contributed by atoms with Crippen molar-refractivity contribution in [2.24, 2.45) is 0 Å². The molecule has 0 aliphatic rings. The van der Waals surface area contributed by atoms with Crippen molar-refractivity contribution in [3.8, 4) is 0 Å². The Morgan fingerprint density at radius 2 is 2.27 bits per heavy atom. The van der Waals surface area contributed by atoms with E-state index in [0.717, 1.165) is 0 Å². The number of benzene rings is 1.